The van der Waals surface area contributed by atoms with E-state index in [-0.39, 0.29) is 6.04 Å². The van der Waals surface area contributed by atoms with Crippen LogP contribution in [0.15, 0.2) is 22.7 Å². The number of nitrogens with zero attached hydrogens (tertiary/aromatic N) is 2. The molecule has 4 nitrogen and oxygen atoms in total. The molecule has 1 heterocycles. The second kappa shape index (κ2) is 5.25. The van der Waals surface area contributed by atoms with Crippen LogP contribution in [0.5, 0.6) is 11.6 Å². The summed E-state index contributed by atoms with van der Waals surface area (Å²) >= 11 is 3.50. The highest BCUT2D eigenvalue weighted by molar-refractivity contribution is 9.10. The van der Waals surface area contributed by atoms with E-state index in [0.29, 0.717) is 11.6 Å². The molecule has 0 saturated carbocycles. The number of hydrogen-bond acceptors (Lipinski definition) is 3. The van der Waals surface area contributed by atoms with E-state index in [2.05, 4.69) is 21.0 Å². The fourth-order valence-corrected chi connectivity index (χ4v) is 2.36. The summed E-state index contributed by atoms with van der Waals surface area (Å²) in [6.07, 6.45) is 0. The number of anilines is 1. The van der Waals surface area contributed by atoms with Gasteiger partial charge in [0.2, 0.25) is 5.88 Å². The third-order valence-corrected chi connectivity index (χ3v) is 3.49. The van der Waals surface area contributed by atoms with E-state index in [4.69, 9.17) is 10.5 Å². The van der Waals surface area contributed by atoms with E-state index < -0.39 is 0 Å². The SMILES string of the molecule is Cc1ccc(Oc2c(N)c(C)nn2C(C)C)c(Br)c1. The maximum atomic E-state index is 6.05. The lowest BCUT2D eigenvalue weighted by Gasteiger charge is -2.13. The van der Waals surface area contributed by atoms with Crippen LogP contribution in [-0.2, 0) is 0 Å². The Labute approximate surface area is 121 Å². The van der Waals surface area contributed by atoms with Gasteiger partial charge >= 0.3 is 0 Å². The summed E-state index contributed by atoms with van der Waals surface area (Å²) in [5.41, 5.74) is 8.58. The van der Waals surface area contributed by atoms with E-state index in [1.807, 2.05) is 45.9 Å². The zero-order chi connectivity index (χ0) is 14.2. The Bertz CT molecular complexity index is 605. The summed E-state index contributed by atoms with van der Waals surface area (Å²) in [5.74, 6) is 1.33. The van der Waals surface area contributed by atoms with E-state index >= 15 is 0 Å². The molecule has 0 aliphatic carbocycles. The molecular formula is C14H18BrN3O. The normalized spacial score (nSPS) is 11.1. The highest BCUT2D eigenvalue weighted by atomic mass is 79.9. The summed E-state index contributed by atoms with van der Waals surface area (Å²) in [7, 11) is 0. The summed E-state index contributed by atoms with van der Waals surface area (Å²) in [6.45, 7) is 8.00. The van der Waals surface area contributed by atoms with E-state index in [1.165, 1.54) is 5.56 Å². The van der Waals surface area contributed by atoms with Gasteiger partial charge in [-0.3, -0.25) is 0 Å². The predicted molar refractivity (Wildman–Crippen MR) is 80.7 cm³/mol. The molecule has 0 unspecified atom stereocenters. The average molecular weight is 324 g/mol. The molecule has 2 N–H and O–H groups in total. The van der Waals surface area contributed by atoms with Crippen molar-refractivity contribution in [3.8, 4) is 11.6 Å². The van der Waals surface area contributed by atoms with Crippen LogP contribution in [0.2, 0.25) is 0 Å². The number of nitrogen functional groups attached to an aromatic ring is 1. The van der Waals surface area contributed by atoms with Crippen LogP contribution in [-0.4, -0.2) is 9.78 Å². The highest BCUT2D eigenvalue weighted by Gasteiger charge is 2.17. The number of aromatic nitrogens is 2. The Hall–Kier alpha value is -1.49. The first-order valence-electron chi connectivity index (χ1n) is 6.18. The van der Waals surface area contributed by atoms with Crippen LogP contribution in [0.1, 0.15) is 31.1 Å². The van der Waals surface area contributed by atoms with Gasteiger partial charge in [0.1, 0.15) is 11.4 Å². The van der Waals surface area contributed by atoms with Crippen molar-refractivity contribution in [1.82, 2.24) is 9.78 Å². The number of benzene rings is 1. The second-order valence-electron chi connectivity index (χ2n) is 4.88. The minimum Gasteiger partial charge on any atom is -0.436 e. The van der Waals surface area contributed by atoms with Gasteiger partial charge in [-0.15, -0.1) is 0 Å². The van der Waals surface area contributed by atoms with Crippen LogP contribution in [0.25, 0.3) is 0 Å². The van der Waals surface area contributed by atoms with E-state index in [1.54, 1.807) is 4.68 Å². The average Bonchev–Trinajstić information content (AvgIpc) is 2.61. The van der Waals surface area contributed by atoms with Crippen LogP contribution < -0.4 is 10.5 Å². The number of ether oxygens (including phenoxy) is 1. The number of aryl methyl sites for hydroxylation is 2. The van der Waals surface area contributed by atoms with Gasteiger partial charge in [-0.1, -0.05) is 6.07 Å². The third-order valence-electron chi connectivity index (χ3n) is 2.87. The molecule has 102 valence electrons. The van der Waals surface area contributed by atoms with Gasteiger partial charge in [-0.2, -0.15) is 5.10 Å². The lowest BCUT2D eigenvalue weighted by molar-refractivity contribution is 0.388. The standard InChI is InChI=1S/C14H18BrN3O/c1-8(2)18-14(13(16)10(4)17-18)19-12-6-5-9(3)7-11(12)15/h5-8H,16H2,1-4H3. The monoisotopic (exact) mass is 323 g/mol. The Kier molecular flexibility index (Phi) is 3.85. The molecule has 0 amide bonds. The smallest absolute Gasteiger partial charge is 0.241 e. The summed E-state index contributed by atoms with van der Waals surface area (Å²) in [4.78, 5) is 0. The maximum Gasteiger partial charge on any atom is 0.241 e. The van der Waals surface area contributed by atoms with Crippen molar-refractivity contribution in [3.63, 3.8) is 0 Å². The minimum absolute atomic E-state index is 0.190. The van der Waals surface area contributed by atoms with Crippen LogP contribution in [0.4, 0.5) is 5.69 Å². The van der Waals surface area contributed by atoms with Gasteiger partial charge in [0.25, 0.3) is 0 Å². The molecule has 0 saturated heterocycles. The van der Waals surface area contributed by atoms with Crippen molar-refractivity contribution < 1.29 is 4.74 Å². The molecule has 0 fully saturated rings. The number of rotatable bonds is 3. The van der Waals surface area contributed by atoms with Crippen molar-refractivity contribution in [1.29, 1.82) is 0 Å². The van der Waals surface area contributed by atoms with Crippen molar-refractivity contribution in [3.05, 3.63) is 33.9 Å². The quantitative estimate of drug-likeness (QED) is 0.920. The van der Waals surface area contributed by atoms with E-state index in [0.717, 1.165) is 15.9 Å². The molecule has 0 atom stereocenters. The van der Waals surface area contributed by atoms with Gasteiger partial charge < -0.3 is 10.5 Å². The molecule has 0 radical (unpaired) electrons. The maximum absolute atomic E-state index is 6.05. The fraction of sp³-hybridized carbons (Fsp3) is 0.357. The zero-order valence-corrected chi connectivity index (χ0v) is 13.2. The van der Waals surface area contributed by atoms with Gasteiger partial charge in [-0.05, 0) is 61.3 Å². The van der Waals surface area contributed by atoms with Crippen LogP contribution >= 0.6 is 15.9 Å². The number of nitrogens with two attached hydrogens (primary N) is 1. The fourth-order valence-electron chi connectivity index (χ4n) is 1.78. The second-order valence-corrected chi connectivity index (χ2v) is 5.73. The lowest BCUT2D eigenvalue weighted by atomic mass is 10.2. The lowest BCUT2D eigenvalue weighted by Crippen LogP contribution is -2.05. The van der Waals surface area contributed by atoms with Crippen molar-refractivity contribution in [2.45, 2.75) is 33.7 Å². The first-order chi connectivity index (χ1) is 8.90. The molecule has 0 bridgehead atoms. The molecule has 1 aromatic heterocycles. The molecular weight excluding hydrogens is 306 g/mol. The molecule has 2 aromatic rings. The van der Waals surface area contributed by atoms with Gasteiger partial charge in [-0.25, -0.2) is 4.68 Å². The van der Waals surface area contributed by atoms with Gasteiger partial charge in [0, 0.05) is 0 Å². The van der Waals surface area contributed by atoms with Crippen LogP contribution in [0, 0.1) is 13.8 Å². The molecule has 2 rings (SSSR count). The summed E-state index contributed by atoms with van der Waals surface area (Å²) in [6, 6.07) is 6.12. The first-order valence-corrected chi connectivity index (χ1v) is 6.98. The summed E-state index contributed by atoms with van der Waals surface area (Å²) < 4.78 is 8.64. The van der Waals surface area contributed by atoms with Gasteiger partial charge in [0.05, 0.1) is 16.2 Å². The Morgan fingerprint density at radius 3 is 2.58 bits per heavy atom. The Morgan fingerprint density at radius 2 is 2.00 bits per heavy atom. The molecule has 0 aliphatic heterocycles. The first kappa shape index (κ1) is 13.9. The van der Waals surface area contributed by atoms with Crippen LogP contribution in [0.3, 0.4) is 0 Å². The van der Waals surface area contributed by atoms with Gasteiger partial charge in [0.15, 0.2) is 0 Å². The molecule has 1 aromatic carbocycles. The predicted octanol–water partition coefficient (Wildman–Crippen LogP) is 4.22. The molecule has 5 heteroatoms. The van der Waals surface area contributed by atoms with Crippen molar-refractivity contribution in [2.75, 3.05) is 5.73 Å². The number of hydrogen-bond donors (Lipinski definition) is 1. The van der Waals surface area contributed by atoms with Crippen molar-refractivity contribution >= 4 is 21.6 Å². The third kappa shape index (κ3) is 2.76. The number of halogens is 1. The minimum atomic E-state index is 0.190. The molecule has 0 aliphatic rings. The highest BCUT2D eigenvalue weighted by Crippen LogP contribution is 2.35. The Morgan fingerprint density at radius 1 is 1.32 bits per heavy atom. The Balaban J connectivity index is 2.43. The topological polar surface area (TPSA) is 53.1 Å². The van der Waals surface area contributed by atoms with E-state index in [9.17, 15) is 0 Å². The van der Waals surface area contributed by atoms with Crippen molar-refractivity contribution in [2.24, 2.45) is 0 Å². The molecule has 0 spiro atoms. The summed E-state index contributed by atoms with van der Waals surface area (Å²) in [5, 5.41) is 4.40. The largest absolute Gasteiger partial charge is 0.436 e. The zero-order valence-electron chi connectivity index (χ0n) is 11.6. The molecule has 19 heavy (non-hydrogen) atoms.